The molecule has 0 aromatic carbocycles. The summed E-state index contributed by atoms with van der Waals surface area (Å²) in [6, 6.07) is 2.15. The Labute approximate surface area is 103 Å². The Morgan fingerprint density at radius 2 is 1.82 bits per heavy atom. The Hall–Kier alpha value is -0.960. The Morgan fingerprint density at radius 1 is 1.12 bits per heavy atom. The number of rotatable bonds is 3. The molecule has 3 heteroatoms. The van der Waals surface area contributed by atoms with Gasteiger partial charge in [-0.3, -0.25) is 4.98 Å². The van der Waals surface area contributed by atoms with E-state index in [2.05, 4.69) is 10.3 Å². The molecule has 1 aromatic rings. The van der Waals surface area contributed by atoms with Crippen LogP contribution in [0.5, 0.6) is 0 Å². The third-order valence-electron chi connectivity index (χ3n) is 3.46. The molecule has 0 aliphatic heterocycles. The zero-order valence-corrected chi connectivity index (χ0v) is 10.3. The van der Waals surface area contributed by atoms with Crippen LogP contribution in [-0.2, 0) is 6.54 Å². The first-order chi connectivity index (χ1) is 8.34. The van der Waals surface area contributed by atoms with E-state index < -0.39 is 0 Å². The van der Waals surface area contributed by atoms with Gasteiger partial charge in [-0.1, -0.05) is 32.1 Å². The molecule has 17 heavy (non-hydrogen) atoms. The van der Waals surface area contributed by atoms with Gasteiger partial charge in [-0.15, -0.1) is 0 Å². The van der Waals surface area contributed by atoms with Crippen molar-refractivity contribution in [3.8, 4) is 0 Å². The van der Waals surface area contributed by atoms with E-state index in [1.165, 1.54) is 51.1 Å². The molecule has 2 nitrogen and oxygen atoms in total. The van der Waals surface area contributed by atoms with Crippen LogP contribution in [0, 0.1) is 5.82 Å². The van der Waals surface area contributed by atoms with Crippen LogP contribution in [0.4, 0.5) is 4.39 Å². The second-order valence-corrected chi connectivity index (χ2v) is 4.93. The van der Waals surface area contributed by atoms with Gasteiger partial charge in [-0.25, -0.2) is 4.39 Å². The molecule has 1 N–H and O–H groups in total. The minimum Gasteiger partial charge on any atom is -0.310 e. The van der Waals surface area contributed by atoms with Crippen LogP contribution in [0.25, 0.3) is 0 Å². The lowest BCUT2D eigenvalue weighted by Gasteiger charge is -2.21. The quantitative estimate of drug-likeness (QED) is 0.869. The number of hydrogen-bond acceptors (Lipinski definition) is 2. The van der Waals surface area contributed by atoms with Crippen molar-refractivity contribution in [1.29, 1.82) is 0 Å². The maximum Gasteiger partial charge on any atom is 0.141 e. The van der Waals surface area contributed by atoms with Crippen molar-refractivity contribution in [3.63, 3.8) is 0 Å². The number of aromatic nitrogens is 1. The first-order valence-electron chi connectivity index (χ1n) is 6.67. The lowest BCUT2D eigenvalue weighted by molar-refractivity contribution is 0.388. The maximum absolute atomic E-state index is 13.0. The summed E-state index contributed by atoms with van der Waals surface area (Å²) in [5.41, 5.74) is 0.937. The number of nitrogens with zero attached hydrogens (tertiary/aromatic N) is 1. The van der Waals surface area contributed by atoms with Crippen LogP contribution in [-0.4, -0.2) is 11.0 Å². The van der Waals surface area contributed by atoms with Crippen molar-refractivity contribution >= 4 is 0 Å². The highest BCUT2D eigenvalue weighted by Gasteiger charge is 2.10. The van der Waals surface area contributed by atoms with Gasteiger partial charge in [0, 0.05) is 18.8 Å². The van der Waals surface area contributed by atoms with E-state index in [0.29, 0.717) is 6.04 Å². The third-order valence-corrected chi connectivity index (χ3v) is 3.46. The summed E-state index contributed by atoms with van der Waals surface area (Å²) in [6.07, 6.45) is 12.2. The Morgan fingerprint density at radius 3 is 2.53 bits per heavy atom. The van der Waals surface area contributed by atoms with Crippen molar-refractivity contribution in [1.82, 2.24) is 10.3 Å². The van der Waals surface area contributed by atoms with Crippen LogP contribution in [0.2, 0.25) is 0 Å². The molecule has 2 rings (SSSR count). The largest absolute Gasteiger partial charge is 0.310 e. The molecule has 0 unspecified atom stereocenters. The van der Waals surface area contributed by atoms with Gasteiger partial charge in [-0.2, -0.15) is 0 Å². The van der Waals surface area contributed by atoms with Crippen molar-refractivity contribution < 1.29 is 4.39 Å². The van der Waals surface area contributed by atoms with E-state index in [9.17, 15) is 4.39 Å². The molecular formula is C14H21FN2. The number of nitrogens with one attached hydrogen (secondary N) is 1. The Kier molecular flexibility index (Phi) is 4.92. The number of pyridine rings is 1. The molecule has 0 amide bonds. The molecule has 1 heterocycles. The fraction of sp³-hybridized carbons (Fsp3) is 0.643. The average molecular weight is 236 g/mol. The third kappa shape index (κ3) is 4.43. The van der Waals surface area contributed by atoms with Crippen LogP contribution < -0.4 is 5.32 Å². The predicted octanol–water partition coefficient (Wildman–Crippen LogP) is 3.42. The molecular weight excluding hydrogens is 215 g/mol. The van der Waals surface area contributed by atoms with Crippen molar-refractivity contribution in [2.75, 3.05) is 0 Å². The summed E-state index contributed by atoms with van der Waals surface area (Å²) in [5, 5.41) is 3.53. The fourth-order valence-electron chi connectivity index (χ4n) is 2.47. The monoisotopic (exact) mass is 236 g/mol. The summed E-state index contributed by atoms with van der Waals surface area (Å²) in [7, 11) is 0. The topological polar surface area (TPSA) is 24.9 Å². The zero-order valence-electron chi connectivity index (χ0n) is 10.3. The summed E-state index contributed by atoms with van der Waals surface area (Å²) in [6.45, 7) is 0.732. The predicted molar refractivity (Wildman–Crippen MR) is 67.1 cm³/mol. The van der Waals surface area contributed by atoms with Crippen molar-refractivity contribution in [3.05, 3.63) is 29.8 Å². The van der Waals surface area contributed by atoms with Gasteiger partial charge in [0.2, 0.25) is 0 Å². The highest BCUT2D eigenvalue weighted by Crippen LogP contribution is 2.17. The van der Waals surface area contributed by atoms with E-state index in [-0.39, 0.29) is 5.82 Å². The van der Waals surface area contributed by atoms with Gasteiger partial charge in [-0.05, 0) is 24.5 Å². The number of hydrogen-bond donors (Lipinski definition) is 1. The lowest BCUT2D eigenvalue weighted by Crippen LogP contribution is -2.29. The number of halogens is 1. The molecule has 0 atom stereocenters. The second-order valence-electron chi connectivity index (χ2n) is 4.93. The maximum atomic E-state index is 13.0. The summed E-state index contributed by atoms with van der Waals surface area (Å²) in [4.78, 5) is 3.87. The standard InChI is InChI=1S/C14H21FN2/c15-13-8-12(9-16-11-13)10-17-14-6-4-2-1-3-5-7-14/h8-9,11,14,17H,1-7,10H2. The summed E-state index contributed by atoms with van der Waals surface area (Å²) >= 11 is 0. The molecule has 0 bridgehead atoms. The molecule has 1 fully saturated rings. The van der Waals surface area contributed by atoms with Gasteiger partial charge in [0.1, 0.15) is 5.82 Å². The minimum atomic E-state index is -0.248. The SMILES string of the molecule is Fc1cncc(CNC2CCCCCCC2)c1. The van der Waals surface area contributed by atoms with Crippen LogP contribution in [0.1, 0.15) is 50.5 Å². The van der Waals surface area contributed by atoms with Crippen LogP contribution >= 0.6 is 0 Å². The van der Waals surface area contributed by atoms with Crippen molar-refractivity contribution in [2.24, 2.45) is 0 Å². The summed E-state index contributed by atoms with van der Waals surface area (Å²) in [5.74, 6) is -0.248. The second kappa shape index (κ2) is 6.70. The molecule has 1 aromatic heterocycles. The molecule has 0 spiro atoms. The Bertz CT molecular complexity index is 333. The van der Waals surface area contributed by atoms with Crippen LogP contribution in [0.15, 0.2) is 18.5 Å². The van der Waals surface area contributed by atoms with Crippen LogP contribution in [0.3, 0.4) is 0 Å². The van der Waals surface area contributed by atoms with E-state index in [4.69, 9.17) is 0 Å². The van der Waals surface area contributed by atoms with Gasteiger partial charge in [0.25, 0.3) is 0 Å². The van der Waals surface area contributed by atoms with Gasteiger partial charge >= 0.3 is 0 Å². The molecule has 0 saturated heterocycles. The summed E-state index contributed by atoms with van der Waals surface area (Å²) < 4.78 is 13.0. The normalized spacial score (nSPS) is 18.6. The Balaban J connectivity index is 1.79. The molecule has 1 aliphatic carbocycles. The van der Waals surface area contributed by atoms with E-state index in [1.54, 1.807) is 12.3 Å². The first-order valence-corrected chi connectivity index (χ1v) is 6.67. The molecule has 1 saturated carbocycles. The molecule has 0 radical (unpaired) electrons. The smallest absolute Gasteiger partial charge is 0.141 e. The molecule has 94 valence electrons. The first kappa shape index (κ1) is 12.5. The minimum absolute atomic E-state index is 0.248. The lowest BCUT2D eigenvalue weighted by atomic mass is 9.96. The zero-order chi connectivity index (χ0) is 11.9. The van der Waals surface area contributed by atoms with Gasteiger partial charge in [0.15, 0.2) is 0 Å². The molecule has 1 aliphatic rings. The highest BCUT2D eigenvalue weighted by atomic mass is 19.1. The van der Waals surface area contributed by atoms with Crippen molar-refractivity contribution in [2.45, 2.75) is 57.5 Å². The highest BCUT2D eigenvalue weighted by molar-refractivity contribution is 5.09. The fourth-order valence-corrected chi connectivity index (χ4v) is 2.47. The van der Waals surface area contributed by atoms with Gasteiger partial charge in [0.05, 0.1) is 6.20 Å². The van der Waals surface area contributed by atoms with Gasteiger partial charge < -0.3 is 5.32 Å². The average Bonchev–Trinajstić information content (AvgIpc) is 2.27. The van der Waals surface area contributed by atoms with E-state index >= 15 is 0 Å². The van der Waals surface area contributed by atoms with E-state index in [0.717, 1.165) is 12.1 Å². The van der Waals surface area contributed by atoms with E-state index in [1.807, 2.05) is 0 Å².